The summed E-state index contributed by atoms with van der Waals surface area (Å²) in [6.45, 7) is -0.205. The SMILES string of the molecule is Cn1ccc2c(ccn2CC(=O)Nc2ccccc2C(F)(F)F)c1=O. The van der Waals surface area contributed by atoms with Crippen molar-refractivity contribution in [2.75, 3.05) is 5.32 Å². The molecule has 1 N–H and O–H groups in total. The molecule has 2 aromatic heterocycles. The van der Waals surface area contributed by atoms with Crippen LogP contribution >= 0.6 is 0 Å². The molecule has 0 bridgehead atoms. The van der Waals surface area contributed by atoms with E-state index in [9.17, 15) is 22.8 Å². The van der Waals surface area contributed by atoms with Gasteiger partial charge in [0.2, 0.25) is 5.91 Å². The molecule has 0 aliphatic heterocycles. The maximum absolute atomic E-state index is 13.0. The minimum atomic E-state index is -4.56. The molecular formula is C17H14F3N3O2. The van der Waals surface area contributed by atoms with Crippen molar-refractivity contribution in [2.24, 2.45) is 7.05 Å². The van der Waals surface area contributed by atoms with Crippen molar-refractivity contribution >= 4 is 22.5 Å². The molecule has 0 fully saturated rings. The summed E-state index contributed by atoms with van der Waals surface area (Å²) in [5.41, 5.74) is -0.872. The zero-order chi connectivity index (χ0) is 18.2. The van der Waals surface area contributed by atoms with Gasteiger partial charge < -0.3 is 14.5 Å². The summed E-state index contributed by atoms with van der Waals surface area (Å²) in [5.74, 6) is -0.616. The van der Waals surface area contributed by atoms with Crippen LogP contribution in [0.5, 0.6) is 0 Å². The first-order valence-corrected chi connectivity index (χ1v) is 7.38. The molecule has 0 aliphatic rings. The van der Waals surface area contributed by atoms with Gasteiger partial charge in [0.15, 0.2) is 0 Å². The zero-order valence-electron chi connectivity index (χ0n) is 13.2. The van der Waals surface area contributed by atoms with Gasteiger partial charge in [-0.15, -0.1) is 0 Å². The lowest BCUT2D eigenvalue weighted by Crippen LogP contribution is -2.21. The topological polar surface area (TPSA) is 56.0 Å². The lowest BCUT2D eigenvalue weighted by atomic mass is 10.1. The van der Waals surface area contributed by atoms with Crippen LogP contribution in [-0.2, 0) is 24.6 Å². The minimum absolute atomic E-state index is 0.205. The van der Waals surface area contributed by atoms with Crippen LogP contribution in [0.1, 0.15) is 5.56 Å². The van der Waals surface area contributed by atoms with Gasteiger partial charge in [-0.25, -0.2) is 0 Å². The Bertz CT molecular complexity index is 1000. The standard InChI is InChI=1S/C17H14F3N3O2/c1-22-8-7-14-11(16(22)25)6-9-23(14)10-15(24)21-13-5-3-2-4-12(13)17(18,19)20/h2-9H,10H2,1H3,(H,21,24). The molecule has 25 heavy (non-hydrogen) atoms. The highest BCUT2D eigenvalue weighted by atomic mass is 19.4. The molecule has 130 valence electrons. The van der Waals surface area contributed by atoms with Gasteiger partial charge in [0.1, 0.15) is 6.54 Å². The third kappa shape index (κ3) is 3.28. The van der Waals surface area contributed by atoms with E-state index in [-0.39, 0.29) is 17.8 Å². The molecule has 3 rings (SSSR count). The van der Waals surface area contributed by atoms with Crippen molar-refractivity contribution in [3.8, 4) is 0 Å². The molecule has 0 spiro atoms. The molecule has 0 unspecified atom stereocenters. The van der Waals surface area contributed by atoms with Crippen LogP contribution in [0.4, 0.5) is 18.9 Å². The van der Waals surface area contributed by atoms with Crippen LogP contribution in [0, 0.1) is 0 Å². The van der Waals surface area contributed by atoms with E-state index in [2.05, 4.69) is 5.32 Å². The van der Waals surface area contributed by atoms with E-state index in [0.29, 0.717) is 10.9 Å². The third-order valence-electron chi connectivity index (χ3n) is 3.83. The number of carbonyl (C=O) groups is 1. The number of para-hydroxylation sites is 1. The van der Waals surface area contributed by atoms with Gasteiger partial charge in [0.05, 0.1) is 22.2 Å². The average molecular weight is 349 g/mol. The van der Waals surface area contributed by atoms with Crippen LogP contribution in [0.25, 0.3) is 10.9 Å². The predicted molar refractivity (Wildman–Crippen MR) is 87.3 cm³/mol. The number of hydrogen-bond donors (Lipinski definition) is 1. The summed E-state index contributed by atoms with van der Waals surface area (Å²) >= 11 is 0. The fraction of sp³-hybridized carbons (Fsp3) is 0.176. The second-order valence-electron chi connectivity index (χ2n) is 5.57. The van der Waals surface area contributed by atoms with Gasteiger partial charge in [0, 0.05) is 19.4 Å². The first kappa shape index (κ1) is 16.8. The van der Waals surface area contributed by atoms with Gasteiger partial charge >= 0.3 is 6.18 Å². The number of alkyl halides is 3. The van der Waals surface area contributed by atoms with E-state index in [1.807, 2.05) is 0 Å². The molecular weight excluding hydrogens is 335 g/mol. The first-order chi connectivity index (χ1) is 11.8. The second-order valence-corrected chi connectivity index (χ2v) is 5.57. The Labute approximate surface area is 140 Å². The smallest absolute Gasteiger partial charge is 0.338 e. The number of aryl methyl sites for hydroxylation is 1. The number of nitrogens with one attached hydrogen (secondary N) is 1. The molecule has 1 aromatic carbocycles. The highest BCUT2D eigenvalue weighted by molar-refractivity contribution is 5.92. The number of aromatic nitrogens is 2. The summed E-state index contributed by atoms with van der Waals surface area (Å²) in [6, 6.07) is 8.03. The highest BCUT2D eigenvalue weighted by Crippen LogP contribution is 2.34. The zero-order valence-corrected chi connectivity index (χ0v) is 13.2. The van der Waals surface area contributed by atoms with Crippen LogP contribution in [0.2, 0.25) is 0 Å². The predicted octanol–water partition coefficient (Wildman–Crippen LogP) is 3.00. The maximum Gasteiger partial charge on any atom is 0.418 e. The van der Waals surface area contributed by atoms with Crippen molar-refractivity contribution in [3.63, 3.8) is 0 Å². The Hall–Kier alpha value is -3.03. The van der Waals surface area contributed by atoms with E-state index < -0.39 is 17.6 Å². The average Bonchev–Trinajstić information content (AvgIpc) is 2.94. The van der Waals surface area contributed by atoms with Crippen LogP contribution in [-0.4, -0.2) is 15.0 Å². The van der Waals surface area contributed by atoms with Crippen molar-refractivity contribution in [2.45, 2.75) is 12.7 Å². The van der Waals surface area contributed by atoms with Crippen molar-refractivity contribution in [1.82, 2.24) is 9.13 Å². The minimum Gasteiger partial charge on any atom is -0.338 e. The maximum atomic E-state index is 13.0. The molecule has 0 radical (unpaired) electrons. The third-order valence-corrected chi connectivity index (χ3v) is 3.83. The van der Waals surface area contributed by atoms with Gasteiger partial charge in [-0.3, -0.25) is 9.59 Å². The van der Waals surface area contributed by atoms with E-state index in [1.54, 1.807) is 31.6 Å². The number of fused-ring (bicyclic) bond motifs is 1. The molecule has 0 atom stereocenters. The number of hydrogen-bond acceptors (Lipinski definition) is 2. The monoisotopic (exact) mass is 349 g/mol. The lowest BCUT2D eigenvalue weighted by molar-refractivity contribution is -0.137. The number of rotatable bonds is 3. The fourth-order valence-electron chi connectivity index (χ4n) is 2.61. The molecule has 1 amide bonds. The number of amides is 1. The van der Waals surface area contributed by atoms with E-state index in [1.165, 1.54) is 27.3 Å². The number of carbonyl (C=O) groups excluding carboxylic acids is 1. The second kappa shape index (κ2) is 6.12. The van der Waals surface area contributed by atoms with Crippen LogP contribution in [0.3, 0.4) is 0 Å². The van der Waals surface area contributed by atoms with Crippen molar-refractivity contribution in [1.29, 1.82) is 0 Å². The summed E-state index contributed by atoms with van der Waals surface area (Å²) < 4.78 is 41.8. The molecule has 3 aromatic rings. The molecule has 2 heterocycles. The fourth-order valence-corrected chi connectivity index (χ4v) is 2.61. The molecule has 0 aliphatic carbocycles. The number of benzene rings is 1. The summed E-state index contributed by atoms with van der Waals surface area (Å²) in [4.78, 5) is 24.2. The highest BCUT2D eigenvalue weighted by Gasteiger charge is 2.33. The Morgan fingerprint density at radius 3 is 2.56 bits per heavy atom. The quantitative estimate of drug-likeness (QED) is 0.790. The van der Waals surface area contributed by atoms with Gasteiger partial charge in [-0.05, 0) is 24.3 Å². The summed E-state index contributed by atoms with van der Waals surface area (Å²) in [7, 11) is 1.61. The molecule has 0 saturated heterocycles. The van der Waals surface area contributed by atoms with Crippen molar-refractivity contribution < 1.29 is 18.0 Å². The Balaban J connectivity index is 1.85. The Morgan fingerprint density at radius 1 is 1.12 bits per heavy atom. The van der Waals surface area contributed by atoms with Gasteiger partial charge in [0.25, 0.3) is 5.56 Å². The van der Waals surface area contributed by atoms with Crippen molar-refractivity contribution in [3.05, 3.63) is 64.7 Å². The number of pyridine rings is 1. The number of halogens is 3. The Morgan fingerprint density at radius 2 is 1.84 bits per heavy atom. The van der Waals surface area contributed by atoms with Crippen LogP contribution < -0.4 is 10.9 Å². The van der Waals surface area contributed by atoms with E-state index in [0.717, 1.165) is 6.07 Å². The van der Waals surface area contributed by atoms with Gasteiger partial charge in [-0.1, -0.05) is 12.1 Å². The number of nitrogens with zero attached hydrogens (tertiary/aromatic N) is 2. The largest absolute Gasteiger partial charge is 0.418 e. The van der Waals surface area contributed by atoms with Crippen LogP contribution in [0.15, 0.2) is 53.6 Å². The van der Waals surface area contributed by atoms with E-state index in [4.69, 9.17) is 0 Å². The van der Waals surface area contributed by atoms with Gasteiger partial charge in [-0.2, -0.15) is 13.2 Å². The summed E-state index contributed by atoms with van der Waals surface area (Å²) in [5, 5.41) is 2.72. The number of anilines is 1. The molecule has 0 saturated carbocycles. The normalized spacial score (nSPS) is 11.7. The lowest BCUT2D eigenvalue weighted by Gasteiger charge is -2.14. The summed E-state index contributed by atoms with van der Waals surface area (Å²) in [6.07, 6.45) is -1.43. The Kier molecular flexibility index (Phi) is 4.12. The van der Waals surface area contributed by atoms with E-state index >= 15 is 0 Å². The first-order valence-electron chi connectivity index (χ1n) is 7.38. The molecule has 8 heteroatoms. The molecule has 5 nitrogen and oxygen atoms in total.